The highest BCUT2D eigenvalue weighted by Gasteiger charge is 2.10. The van der Waals surface area contributed by atoms with Crippen molar-refractivity contribution in [3.63, 3.8) is 0 Å². The number of nitrogens with one attached hydrogen (secondary N) is 2. The van der Waals surface area contributed by atoms with Gasteiger partial charge in [0.1, 0.15) is 5.75 Å². The predicted octanol–water partition coefficient (Wildman–Crippen LogP) is 4.25. The molecule has 0 spiro atoms. The van der Waals surface area contributed by atoms with Gasteiger partial charge in [-0.1, -0.05) is 22.0 Å². The Morgan fingerprint density at radius 1 is 1.11 bits per heavy atom. The summed E-state index contributed by atoms with van der Waals surface area (Å²) in [5.41, 5.74) is 2.27. The fraction of sp³-hybridized carbons (Fsp3) is 0.0952. The van der Waals surface area contributed by atoms with Crippen molar-refractivity contribution in [3.05, 3.63) is 88.7 Å². The van der Waals surface area contributed by atoms with E-state index < -0.39 is 0 Å². The summed E-state index contributed by atoms with van der Waals surface area (Å²) < 4.78 is 6.16. The molecule has 3 rings (SSSR count). The Kier molecular flexibility index (Phi) is 6.75. The third-order valence-corrected chi connectivity index (χ3v) is 4.37. The van der Waals surface area contributed by atoms with Crippen molar-refractivity contribution in [1.29, 1.82) is 0 Å². The SMILES string of the molecule is COc1cccc(NC(=NCc2ccncc2)NC(=O)c2ccc(Br)cc2)c1. The average Bonchev–Trinajstić information content (AvgIpc) is 2.73. The summed E-state index contributed by atoms with van der Waals surface area (Å²) in [5.74, 6) is 0.798. The molecule has 0 aliphatic rings. The van der Waals surface area contributed by atoms with Gasteiger partial charge in [0, 0.05) is 34.2 Å². The smallest absolute Gasteiger partial charge is 0.257 e. The summed E-state index contributed by atoms with van der Waals surface area (Å²) in [6, 6.07) is 18.3. The largest absolute Gasteiger partial charge is 0.497 e. The molecule has 0 saturated carbocycles. The summed E-state index contributed by atoms with van der Waals surface area (Å²) in [6.07, 6.45) is 3.42. The second-order valence-corrected chi connectivity index (χ2v) is 6.75. The fourth-order valence-electron chi connectivity index (χ4n) is 2.39. The van der Waals surface area contributed by atoms with Gasteiger partial charge in [0.05, 0.1) is 13.7 Å². The van der Waals surface area contributed by atoms with Gasteiger partial charge in [0.2, 0.25) is 5.96 Å². The molecule has 0 bridgehead atoms. The number of rotatable bonds is 5. The van der Waals surface area contributed by atoms with Crippen molar-refractivity contribution in [1.82, 2.24) is 10.3 Å². The molecule has 0 fully saturated rings. The van der Waals surface area contributed by atoms with Gasteiger partial charge in [-0.2, -0.15) is 0 Å². The molecular formula is C21H19BrN4O2. The normalized spacial score (nSPS) is 11.0. The molecule has 1 aromatic heterocycles. The third-order valence-electron chi connectivity index (χ3n) is 3.84. The van der Waals surface area contributed by atoms with E-state index in [4.69, 9.17) is 4.74 Å². The topological polar surface area (TPSA) is 75.6 Å². The second-order valence-electron chi connectivity index (χ2n) is 5.84. The van der Waals surface area contributed by atoms with E-state index in [1.165, 1.54) is 0 Å². The van der Waals surface area contributed by atoms with Crippen LogP contribution in [0.1, 0.15) is 15.9 Å². The van der Waals surface area contributed by atoms with Gasteiger partial charge >= 0.3 is 0 Å². The number of guanidine groups is 1. The number of hydrogen-bond acceptors (Lipinski definition) is 4. The first-order valence-corrected chi connectivity index (χ1v) is 9.35. The number of amides is 1. The number of methoxy groups -OCH3 is 1. The number of aliphatic imine (C=N–C) groups is 1. The van der Waals surface area contributed by atoms with Gasteiger partial charge < -0.3 is 10.1 Å². The molecule has 7 heteroatoms. The van der Waals surface area contributed by atoms with E-state index in [0.29, 0.717) is 23.8 Å². The molecule has 2 aromatic carbocycles. The molecule has 0 aliphatic heterocycles. The quantitative estimate of drug-likeness (QED) is 0.461. The second kappa shape index (κ2) is 9.66. The third kappa shape index (κ3) is 5.65. The highest BCUT2D eigenvalue weighted by atomic mass is 79.9. The van der Waals surface area contributed by atoms with Crippen molar-refractivity contribution in [2.75, 3.05) is 12.4 Å². The van der Waals surface area contributed by atoms with Crippen LogP contribution in [-0.2, 0) is 6.54 Å². The Morgan fingerprint density at radius 2 is 1.86 bits per heavy atom. The zero-order chi connectivity index (χ0) is 19.8. The average molecular weight is 439 g/mol. The Balaban J connectivity index is 1.80. The number of halogens is 1. The van der Waals surface area contributed by atoms with E-state index in [2.05, 4.69) is 36.5 Å². The molecule has 3 aromatic rings. The van der Waals surface area contributed by atoms with Crippen LogP contribution in [0.25, 0.3) is 0 Å². The van der Waals surface area contributed by atoms with Gasteiger partial charge in [-0.15, -0.1) is 0 Å². The molecule has 1 heterocycles. The van der Waals surface area contributed by atoms with E-state index in [0.717, 1.165) is 15.7 Å². The minimum atomic E-state index is -0.253. The maximum absolute atomic E-state index is 12.6. The summed E-state index contributed by atoms with van der Waals surface area (Å²) in [7, 11) is 1.60. The predicted molar refractivity (Wildman–Crippen MR) is 114 cm³/mol. The number of carbonyl (C=O) groups excluding carboxylic acids is 1. The number of nitrogens with zero attached hydrogens (tertiary/aromatic N) is 2. The van der Waals surface area contributed by atoms with Crippen LogP contribution < -0.4 is 15.4 Å². The van der Waals surface area contributed by atoms with Crippen LogP contribution in [0.5, 0.6) is 5.75 Å². The Bertz CT molecular complexity index is 960. The number of benzene rings is 2. The van der Waals surface area contributed by atoms with E-state index >= 15 is 0 Å². The van der Waals surface area contributed by atoms with Crippen molar-refractivity contribution in [2.24, 2.45) is 4.99 Å². The molecule has 142 valence electrons. The standard InChI is InChI=1S/C21H19BrN4O2/c1-28-19-4-2-3-18(13-19)25-21(24-14-15-9-11-23-12-10-15)26-20(27)16-5-7-17(22)8-6-16/h2-13H,14H2,1H3,(H2,24,25,26,27). The number of pyridine rings is 1. The minimum Gasteiger partial charge on any atom is -0.497 e. The van der Waals surface area contributed by atoms with Gasteiger partial charge in [-0.3, -0.25) is 15.1 Å². The van der Waals surface area contributed by atoms with Crippen LogP contribution in [-0.4, -0.2) is 24.0 Å². The number of aromatic nitrogens is 1. The van der Waals surface area contributed by atoms with Gasteiger partial charge in [-0.05, 0) is 54.1 Å². The van der Waals surface area contributed by atoms with Crippen LogP contribution >= 0.6 is 15.9 Å². The Hall–Kier alpha value is -3.19. The molecule has 2 N–H and O–H groups in total. The lowest BCUT2D eigenvalue weighted by molar-refractivity contribution is 0.0977. The van der Waals surface area contributed by atoms with E-state index in [-0.39, 0.29) is 5.91 Å². The van der Waals surface area contributed by atoms with Crippen LogP contribution in [0.3, 0.4) is 0 Å². The van der Waals surface area contributed by atoms with Crippen LogP contribution in [0.4, 0.5) is 5.69 Å². The summed E-state index contributed by atoms with van der Waals surface area (Å²) in [5, 5.41) is 5.99. The zero-order valence-corrected chi connectivity index (χ0v) is 16.8. The highest BCUT2D eigenvalue weighted by Crippen LogP contribution is 2.17. The summed E-state index contributed by atoms with van der Waals surface area (Å²) in [4.78, 5) is 21.1. The molecule has 0 unspecified atom stereocenters. The molecule has 0 aliphatic carbocycles. The summed E-state index contributed by atoms with van der Waals surface area (Å²) >= 11 is 3.37. The number of ether oxygens (including phenoxy) is 1. The number of anilines is 1. The summed E-state index contributed by atoms with van der Waals surface area (Å²) in [6.45, 7) is 0.398. The van der Waals surface area contributed by atoms with Crippen LogP contribution in [0, 0.1) is 0 Å². The number of carbonyl (C=O) groups is 1. The molecule has 1 amide bonds. The molecule has 0 radical (unpaired) electrons. The number of hydrogen-bond donors (Lipinski definition) is 2. The first-order valence-electron chi connectivity index (χ1n) is 8.55. The van der Waals surface area contributed by atoms with Gasteiger partial charge in [0.25, 0.3) is 5.91 Å². The van der Waals surface area contributed by atoms with Crippen molar-refractivity contribution < 1.29 is 9.53 Å². The molecule has 0 saturated heterocycles. The van der Waals surface area contributed by atoms with E-state index in [1.54, 1.807) is 31.6 Å². The fourth-order valence-corrected chi connectivity index (χ4v) is 2.65. The van der Waals surface area contributed by atoms with Crippen molar-refractivity contribution in [2.45, 2.75) is 6.54 Å². The Morgan fingerprint density at radius 3 is 2.57 bits per heavy atom. The monoisotopic (exact) mass is 438 g/mol. The molecule has 28 heavy (non-hydrogen) atoms. The van der Waals surface area contributed by atoms with Crippen LogP contribution in [0.2, 0.25) is 0 Å². The van der Waals surface area contributed by atoms with E-state index in [9.17, 15) is 4.79 Å². The van der Waals surface area contributed by atoms with E-state index in [1.807, 2.05) is 48.5 Å². The first kappa shape index (κ1) is 19.6. The maximum Gasteiger partial charge on any atom is 0.257 e. The van der Waals surface area contributed by atoms with Gasteiger partial charge in [0.15, 0.2) is 0 Å². The molecule has 0 atom stereocenters. The van der Waals surface area contributed by atoms with Crippen molar-refractivity contribution >= 4 is 33.5 Å². The highest BCUT2D eigenvalue weighted by molar-refractivity contribution is 9.10. The first-order chi connectivity index (χ1) is 13.6. The van der Waals surface area contributed by atoms with Gasteiger partial charge in [-0.25, -0.2) is 4.99 Å². The zero-order valence-electron chi connectivity index (χ0n) is 15.2. The molecule has 6 nitrogen and oxygen atoms in total. The lowest BCUT2D eigenvalue weighted by Gasteiger charge is -2.13. The molecular weight excluding hydrogens is 420 g/mol. The Labute approximate surface area is 171 Å². The lowest BCUT2D eigenvalue weighted by atomic mass is 10.2. The van der Waals surface area contributed by atoms with Crippen LogP contribution in [0.15, 0.2) is 82.5 Å². The lowest BCUT2D eigenvalue weighted by Crippen LogP contribution is -2.36. The maximum atomic E-state index is 12.6. The van der Waals surface area contributed by atoms with Crippen molar-refractivity contribution in [3.8, 4) is 5.75 Å². The minimum absolute atomic E-state index is 0.253.